The molecule has 6 nitrogen and oxygen atoms in total. The number of thiazole rings is 1. The Bertz CT molecular complexity index is 791. The zero-order valence-corrected chi connectivity index (χ0v) is 20.9. The van der Waals surface area contributed by atoms with Crippen LogP contribution in [0.5, 0.6) is 5.75 Å². The number of hydrogen-bond donors (Lipinski definition) is 1. The first-order chi connectivity index (χ1) is 13.6. The lowest BCUT2D eigenvalue weighted by Crippen LogP contribution is -2.43. The van der Waals surface area contributed by atoms with Gasteiger partial charge in [0.05, 0.1) is 30.4 Å². The molecule has 0 bridgehead atoms. The van der Waals surface area contributed by atoms with Gasteiger partial charge in [-0.3, -0.25) is 9.89 Å². The highest BCUT2D eigenvalue weighted by molar-refractivity contribution is 14.0. The van der Waals surface area contributed by atoms with Crippen LogP contribution in [0.25, 0.3) is 0 Å². The Morgan fingerprint density at radius 3 is 2.76 bits per heavy atom. The van der Waals surface area contributed by atoms with Crippen LogP contribution in [0.3, 0.4) is 0 Å². The second kappa shape index (κ2) is 11.7. The number of guanidine groups is 1. The summed E-state index contributed by atoms with van der Waals surface area (Å²) in [5, 5.41) is 6.79. The Labute approximate surface area is 195 Å². The number of rotatable bonds is 7. The highest BCUT2D eigenvalue weighted by Crippen LogP contribution is 2.27. The molecule has 1 saturated heterocycles. The van der Waals surface area contributed by atoms with E-state index in [0.29, 0.717) is 6.04 Å². The molecule has 1 N–H and O–H groups in total. The average Bonchev–Trinajstić information content (AvgIpc) is 3.37. The molecule has 0 saturated carbocycles. The van der Waals surface area contributed by atoms with Crippen molar-refractivity contribution in [1.29, 1.82) is 0 Å². The van der Waals surface area contributed by atoms with E-state index in [1.54, 1.807) is 18.4 Å². The van der Waals surface area contributed by atoms with Gasteiger partial charge in [-0.15, -0.1) is 35.3 Å². The zero-order chi connectivity index (χ0) is 19.9. The number of hydrogen-bond acceptors (Lipinski definition) is 5. The van der Waals surface area contributed by atoms with Crippen LogP contribution in [0.2, 0.25) is 0 Å². The molecule has 29 heavy (non-hydrogen) atoms. The molecule has 0 amide bonds. The third-order valence-corrected chi connectivity index (χ3v) is 5.97. The standard InChI is InChI=1S/C21H31N5OS.HI/c1-16-24-18(15-28-16)14-25(3)21(22-2)23-13-20(26-10-5-6-11-26)17-8-7-9-19(12-17)27-4;/h7-9,12,15,20H,5-6,10-11,13-14H2,1-4H3,(H,22,23);1H. The number of methoxy groups -OCH3 is 1. The van der Waals surface area contributed by atoms with Gasteiger partial charge in [-0.05, 0) is 50.6 Å². The summed E-state index contributed by atoms with van der Waals surface area (Å²) < 4.78 is 5.44. The van der Waals surface area contributed by atoms with Crippen LogP contribution >= 0.6 is 35.3 Å². The smallest absolute Gasteiger partial charge is 0.193 e. The van der Waals surface area contributed by atoms with E-state index in [1.807, 2.05) is 20.0 Å². The zero-order valence-electron chi connectivity index (χ0n) is 17.7. The van der Waals surface area contributed by atoms with Crippen LogP contribution < -0.4 is 10.1 Å². The molecular formula is C21H32IN5OS. The summed E-state index contributed by atoms with van der Waals surface area (Å²) in [6, 6.07) is 8.71. The van der Waals surface area contributed by atoms with Crippen molar-refractivity contribution in [2.24, 2.45) is 4.99 Å². The lowest BCUT2D eigenvalue weighted by molar-refractivity contribution is 0.243. The fourth-order valence-corrected chi connectivity index (χ4v) is 4.34. The molecule has 1 atom stereocenters. The third-order valence-electron chi connectivity index (χ3n) is 5.15. The van der Waals surface area contributed by atoms with Crippen LogP contribution in [0, 0.1) is 6.92 Å². The van der Waals surface area contributed by atoms with Gasteiger partial charge in [0.15, 0.2) is 5.96 Å². The molecule has 2 heterocycles. The Morgan fingerprint density at radius 2 is 2.14 bits per heavy atom. The van der Waals surface area contributed by atoms with Crippen LogP contribution in [-0.2, 0) is 6.54 Å². The van der Waals surface area contributed by atoms with E-state index >= 15 is 0 Å². The summed E-state index contributed by atoms with van der Waals surface area (Å²) in [7, 11) is 5.61. The van der Waals surface area contributed by atoms with Crippen LogP contribution in [0.1, 0.15) is 35.1 Å². The van der Waals surface area contributed by atoms with Crippen LogP contribution in [0.4, 0.5) is 0 Å². The number of nitrogens with zero attached hydrogens (tertiary/aromatic N) is 4. The summed E-state index contributed by atoms with van der Waals surface area (Å²) in [6.45, 7) is 5.86. The average molecular weight is 529 g/mol. The highest BCUT2D eigenvalue weighted by Gasteiger charge is 2.24. The summed E-state index contributed by atoms with van der Waals surface area (Å²) in [5.41, 5.74) is 2.36. The Hall–Kier alpha value is -1.39. The van der Waals surface area contributed by atoms with Crippen molar-refractivity contribution < 1.29 is 4.74 Å². The molecule has 160 valence electrons. The monoisotopic (exact) mass is 529 g/mol. The van der Waals surface area contributed by atoms with E-state index in [9.17, 15) is 0 Å². The van der Waals surface area contributed by atoms with Crippen molar-refractivity contribution in [2.75, 3.05) is 40.8 Å². The fourth-order valence-electron chi connectivity index (χ4n) is 3.73. The number of benzene rings is 1. The number of aromatic nitrogens is 1. The van der Waals surface area contributed by atoms with E-state index in [1.165, 1.54) is 18.4 Å². The van der Waals surface area contributed by atoms with Crippen LogP contribution in [0.15, 0.2) is 34.6 Å². The molecule has 3 rings (SSSR count). The van der Waals surface area contributed by atoms with Gasteiger partial charge in [-0.25, -0.2) is 4.98 Å². The van der Waals surface area contributed by atoms with Gasteiger partial charge in [-0.2, -0.15) is 0 Å². The summed E-state index contributed by atoms with van der Waals surface area (Å²) in [6.07, 6.45) is 2.52. The van der Waals surface area contributed by atoms with E-state index in [4.69, 9.17) is 4.74 Å². The van der Waals surface area contributed by atoms with Gasteiger partial charge < -0.3 is 15.0 Å². The molecule has 8 heteroatoms. The van der Waals surface area contributed by atoms with E-state index in [2.05, 4.69) is 55.7 Å². The van der Waals surface area contributed by atoms with Gasteiger partial charge in [0, 0.05) is 26.0 Å². The Balaban J connectivity index is 0.00000300. The summed E-state index contributed by atoms with van der Waals surface area (Å²) >= 11 is 1.68. The molecule has 0 radical (unpaired) electrons. The minimum atomic E-state index is 0. The maximum absolute atomic E-state index is 5.44. The SMILES string of the molecule is CN=C(NCC(c1cccc(OC)c1)N1CCCC1)N(C)Cc1csc(C)n1.I. The lowest BCUT2D eigenvalue weighted by atomic mass is 10.1. The number of nitrogens with one attached hydrogen (secondary N) is 1. The molecule has 1 aromatic carbocycles. The second-order valence-electron chi connectivity index (χ2n) is 7.18. The van der Waals surface area contributed by atoms with Crippen molar-refractivity contribution in [3.8, 4) is 5.75 Å². The maximum Gasteiger partial charge on any atom is 0.193 e. The summed E-state index contributed by atoms with van der Waals surface area (Å²) in [4.78, 5) is 13.7. The second-order valence-corrected chi connectivity index (χ2v) is 8.24. The molecule has 1 aliphatic heterocycles. The van der Waals surface area contributed by atoms with Crippen LogP contribution in [-0.4, -0.2) is 61.6 Å². The first-order valence-corrected chi connectivity index (χ1v) is 10.7. The molecule has 2 aromatic rings. The van der Waals surface area contributed by atoms with Crippen molar-refractivity contribution in [3.05, 3.63) is 45.9 Å². The van der Waals surface area contributed by atoms with Crippen molar-refractivity contribution >= 4 is 41.3 Å². The maximum atomic E-state index is 5.44. The number of halogens is 1. The Morgan fingerprint density at radius 1 is 1.38 bits per heavy atom. The van der Waals surface area contributed by atoms with E-state index < -0.39 is 0 Å². The van der Waals surface area contributed by atoms with Gasteiger partial charge in [0.25, 0.3) is 0 Å². The quantitative estimate of drug-likeness (QED) is 0.335. The molecular weight excluding hydrogens is 497 g/mol. The molecule has 1 aromatic heterocycles. The topological polar surface area (TPSA) is 53.0 Å². The molecule has 1 unspecified atom stereocenters. The van der Waals surface area contributed by atoms with Gasteiger partial charge in [-0.1, -0.05) is 12.1 Å². The summed E-state index contributed by atoms with van der Waals surface area (Å²) in [5.74, 6) is 1.79. The number of aryl methyl sites for hydroxylation is 1. The molecule has 0 spiro atoms. The number of likely N-dealkylation sites (tertiary alicyclic amines) is 1. The first kappa shape index (κ1) is 23.9. The van der Waals surface area contributed by atoms with Crippen molar-refractivity contribution in [1.82, 2.24) is 20.1 Å². The largest absolute Gasteiger partial charge is 0.497 e. The minimum Gasteiger partial charge on any atom is -0.497 e. The van der Waals surface area contributed by atoms with E-state index in [-0.39, 0.29) is 24.0 Å². The highest BCUT2D eigenvalue weighted by atomic mass is 127. The fraction of sp³-hybridized carbons (Fsp3) is 0.524. The first-order valence-electron chi connectivity index (χ1n) is 9.81. The molecule has 1 aliphatic rings. The predicted molar refractivity (Wildman–Crippen MR) is 132 cm³/mol. The molecule has 0 aliphatic carbocycles. The van der Waals surface area contributed by atoms with Crippen molar-refractivity contribution in [2.45, 2.75) is 32.4 Å². The third kappa shape index (κ3) is 6.55. The minimum absolute atomic E-state index is 0. The number of aliphatic imine (C=N–C) groups is 1. The number of ether oxygens (including phenoxy) is 1. The van der Waals surface area contributed by atoms with Gasteiger partial charge in [0.2, 0.25) is 0 Å². The van der Waals surface area contributed by atoms with Crippen molar-refractivity contribution in [3.63, 3.8) is 0 Å². The normalized spacial score (nSPS) is 15.7. The lowest BCUT2D eigenvalue weighted by Gasteiger charge is -2.30. The Kier molecular flexibility index (Phi) is 9.64. The van der Waals surface area contributed by atoms with E-state index in [0.717, 1.165) is 48.6 Å². The predicted octanol–water partition coefficient (Wildman–Crippen LogP) is 3.92. The molecule has 1 fully saturated rings. The van der Waals surface area contributed by atoms with Gasteiger partial charge >= 0.3 is 0 Å². The van der Waals surface area contributed by atoms with Gasteiger partial charge in [0.1, 0.15) is 5.75 Å².